The maximum atomic E-state index is 5.79. The number of benzene rings is 1. The van der Waals surface area contributed by atoms with Gasteiger partial charge in [0.15, 0.2) is 0 Å². The molecule has 1 aromatic heterocycles. The van der Waals surface area contributed by atoms with Crippen LogP contribution in [0.25, 0.3) is 10.9 Å². The average Bonchev–Trinajstić information content (AvgIpc) is 2.32. The summed E-state index contributed by atoms with van der Waals surface area (Å²) in [6.07, 6.45) is 0. The minimum Gasteiger partial charge on any atom is -0.379 e. The van der Waals surface area contributed by atoms with E-state index in [0.29, 0.717) is 11.8 Å². The van der Waals surface area contributed by atoms with Gasteiger partial charge in [0, 0.05) is 11.9 Å². The number of hydrogen-bond acceptors (Lipinski definition) is 4. The molecule has 1 saturated heterocycles. The molecule has 3 rings (SSSR count). The van der Waals surface area contributed by atoms with Crippen LogP contribution in [0, 0.1) is 0 Å². The molecule has 17 heavy (non-hydrogen) atoms. The first-order chi connectivity index (χ1) is 8.36. The van der Waals surface area contributed by atoms with Crippen LogP contribution in [-0.4, -0.2) is 23.4 Å². The summed E-state index contributed by atoms with van der Waals surface area (Å²) in [5.74, 6) is 0. The van der Waals surface area contributed by atoms with E-state index in [4.69, 9.17) is 15.5 Å². The Balaban J connectivity index is 2.01. The summed E-state index contributed by atoms with van der Waals surface area (Å²) in [5, 5.41) is 2.75. The van der Waals surface area contributed by atoms with Crippen molar-refractivity contribution < 1.29 is 4.74 Å². The average molecular weight is 246 g/mol. The second-order valence-corrected chi connectivity index (χ2v) is 5.42. The van der Waals surface area contributed by atoms with E-state index >= 15 is 0 Å². The summed E-state index contributed by atoms with van der Waals surface area (Å²) in [7, 11) is 0. The van der Waals surface area contributed by atoms with Crippen molar-refractivity contribution in [3.8, 4) is 0 Å². The molecular formula is C13H14N2OS. The van der Waals surface area contributed by atoms with E-state index in [0.717, 1.165) is 34.7 Å². The molecule has 2 N–H and O–H groups in total. The van der Waals surface area contributed by atoms with E-state index in [-0.39, 0.29) is 0 Å². The standard InChI is InChI=1S/C13H14N2OS/c14-6-10-5-9-3-1-2-4-12(9)15-13(10)17-11-7-16-8-11/h1-5,11H,6-8,14H2. The molecule has 3 nitrogen and oxygen atoms in total. The number of nitrogens with zero attached hydrogens (tertiary/aromatic N) is 1. The van der Waals surface area contributed by atoms with Crippen LogP contribution in [0.1, 0.15) is 5.56 Å². The minimum absolute atomic E-state index is 0.535. The Morgan fingerprint density at radius 2 is 2.18 bits per heavy atom. The van der Waals surface area contributed by atoms with Gasteiger partial charge < -0.3 is 10.5 Å². The molecule has 88 valence electrons. The van der Waals surface area contributed by atoms with Gasteiger partial charge in [0.25, 0.3) is 0 Å². The monoisotopic (exact) mass is 246 g/mol. The van der Waals surface area contributed by atoms with Gasteiger partial charge in [-0.3, -0.25) is 0 Å². The Labute approximate surface area is 104 Å². The van der Waals surface area contributed by atoms with Crippen molar-refractivity contribution in [2.45, 2.75) is 16.8 Å². The van der Waals surface area contributed by atoms with Gasteiger partial charge in [-0.25, -0.2) is 4.98 Å². The van der Waals surface area contributed by atoms with E-state index in [2.05, 4.69) is 12.1 Å². The summed E-state index contributed by atoms with van der Waals surface area (Å²) in [5.41, 5.74) is 7.95. The minimum atomic E-state index is 0.535. The van der Waals surface area contributed by atoms with Crippen LogP contribution in [-0.2, 0) is 11.3 Å². The lowest BCUT2D eigenvalue weighted by atomic mass is 10.1. The van der Waals surface area contributed by atoms with Gasteiger partial charge in [0.05, 0.1) is 24.0 Å². The third-order valence-corrected chi connectivity index (χ3v) is 4.05. The molecule has 0 bridgehead atoms. The molecule has 0 atom stereocenters. The highest BCUT2D eigenvalue weighted by atomic mass is 32.2. The molecule has 4 heteroatoms. The molecule has 0 amide bonds. The van der Waals surface area contributed by atoms with E-state index in [1.807, 2.05) is 18.2 Å². The highest BCUT2D eigenvalue weighted by Gasteiger charge is 2.21. The van der Waals surface area contributed by atoms with E-state index < -0.39 is 0 Å². The highest BCUT2D eigenvalue weighted by molar-refractivity contribution is 8.00. The van der Waals surface area contributed by atoms with Gasteiger partial charge in [-0.2, -0.15) is 0 Å². The first-order valence-electron chi connectivity index (χ1n) is 5.70. The van der Waals surface area contributed by atoms with E-state index in [9.17, 15) is 0 Å². The second kappa shape index (κ2) is 4.64. The van der Waals surface area contributed by atoms with Crippen molar-refractivity contribution in [1.29, 1.82) is 0 Å². The van der Waals surface area contributed by atoms with Crippen molar-refractivity contribution in [3.63, 3.8) is 0 Å². The van der Waals surface area contributed by atoms with Crippen LogP contribution in [0.3, 0.4) is 0 Å². The number of thioether (sulfide) groups is 1. The van der Waals surface area contributed by atoms with Crippen LogP contribution < -0.4 is 5.73 Å². The number of pyridine rings is 1. The van der Waals surface area contributed by atoms with Crippen LogP contribution in [0.4, 0.5) is 0 Å². The molecule has 1 aliphatic heterocycles. The topological polar surface area (TPSA) is 48.1 Å². The zero-order chi connectivity index (χ0) is 11.7. The summed E-state index contributed by atoms with van der Waals surface area (Å²) < 4.78 is 5.19. The Morgan fingerprint density at radius 3 is 2.88 bits per heavy atom. The molecule has 1 aromatic carbocycles. The molecule has 0 aliphatic carbocycles. The largest absolute Gasteiger partial charge is 0.379 e. The third kappa shape index (κ3) is 2.16. The maximum Gasteiger partial charge on any atom is 0.102 e. The quantitative estimate of drug-likeness (QED) is 0.901. The van der Waals surface area contributed by atoms with Crippen molar-refractivity contribution in [2.75, 3.05) is 13.2 Å². The first kappa shape index (κ1) is 11.0. The van der Waals surface area contributed by atoms with Crippen LogP contribution in [0.2, 0.25) is 0 Å². The maximum absolute atomic E-state index is 5.79. The van der Waals surface area contributed by atoms with Gasteiger partial charge in [-0.05, 0) is 17.7 Å². The van der Waals surface area contributed by atoms with Crippen LogP contribution in [0.15, 0.2) is 35.4 Å². The number of rotatable bonds is 3. The SMILES string of the molecule is NCc1cc2ccccc2nc1SC1COC1. The van der Waals surface area contributed by atoms with Gasteiger partial charge in [0.1, 0.15) is 5.03 Å². The molecule has 1 fully saturated rings. The molecule has 2 aromatic rings. The zero-order valence-corrected chi connectivity index (χ0v) is 10.2. The Morgan fingerprint density at radius 1 is 1.35 bits per heavy atom. The molecule has 0 radical (unpaired) electrons. The molecule has 0 unspecified atom stereocenters. The molecule has 1 aliphatic rings. The lowest BCUT2D eigenvalue weighted by Crippen LogP contribution is -2.30. The number of fused-ring (bicyclic) bond motifs is 1. The number of aromatic nitrogens is 1. The van der Waals surface area contributed by atoms with Gasteiger partial charge in [-0.1, -0.05) is 30.0 Å². The second-order valence-electron chi connectivity index (χ2n) is 4.13. The Hall–Kier alpha value is -1.10. The zero-order valence-electron chi connectivity index (χ0n) is 9.43. The van der Waals surface area contributed by atoms with Gasteiger partial charge in [0.2, 0.25) is 0 Å². The van der Waals surface area contributed by atoms with Crippen molar-refractivity contribution in [2.24, 2.45) is 5.73 Å². The lowest BCUT2D eigenvalue weighted by Gasteiger charge is -2.25. The van der Waals surface area contributed by atoms with Crippen molar-refractivity contribution >= 4 is 22.7 Å². The van der Waals surface area contributed by atoms with Crippen molar-refractivity contribution in [1.82, 2.24) is 4.98 Å². The lowest BCUT2D eigenvalue weighted by molar-refractivity contribution is 0.0454. The Bertz CT molecular complexity index is 540. The Kier molecular flexibility index (Phi) is 3.01. The number of hydrogen-bond donors (Lipinski definition) is 1. The van der Waals surface area contributed by atoms with Gasteiger partial charge >= 0.3 is 0 Å². The predicted octanol–water partition coefficient (Wildman–Crippen LogP) is 2.18. The smallest absolute Gasteiger partial charge is 0.102 e. The normalized spacial score (nSPS) is 16.1. The number of nitrogens with two attached hydrogens (primary N) is 1. The van der Waals surface area contributed by atoms with Crippen LogP contribution >= 0.6 is 11.8 Å². The first-order valence-corrected chi connectivity index (χ1v) is 6.58. The summed E-state index contributed by atoms with van der Waals surface area (Å²) >= 11 is 1.78. The van der Waals surface area contributed by atoms with Gasteiger partial charge in [-0.15, -0.1) is 0 Å². The number of ether oxygens (including phenoxy) is 1. The summed E-state index contributed by atoms with van der Waals surface area (Å²) in [6.45, 7) is 2.18. The predicted molar refractivity (Wildman–Crippen MR) is 70.1 cm³/mol. The fraction of sp³-hybridized carbons (Fsp3) is 0.308. The molecular weight excluding hydrogens is 232 g/mol. The molecule has 0 saturated carbocycles. The van der Waals surface area contributed by atoms with Crippen molar-refractivity contribution in [3.05, 3.63) is 35.9 Å². The van der Waals surface area contributed by atoms with E-state index in [1.165, 1.54) is 0 Å². The summed E-state index contributed by atoms with van der Waals surface area (Å²) in [4.78, 5) is 4.70. The fourth-order valence-corrected chi connectivity index (χ4v) is 2.92. The molecule has 0 spiro atoms. The summed E-state index contributed by atoms with van der Waals surface area (Å²) in [6, 6.07) is 10.3. The third-order valence-electron chi connectivity index (χ3n) is 2.87. The fourth-order valence-electron chi connectivity index (χ4n) is 1.83. The van der Waals surface area contributed by atoms with E-state index in [1.54, 1.807) is 11.8 Å². The highest BCUT2D eigenvalue weighted by Crippen LogP contribution is 2.30. The number of para-hydroxylation sites is 1. The molecule has 2 heterocycles. The van der Waals surface area contributed by atoms with Crippen LogP contribution in [0.5, 0.6) is 0 Å².